The average molecular weight is 178 g/mol. The maximum absolute atomic E-state index is 11.3. The van der Waals surface area contributed by atoms with Crippen LogP contribution in [-0.2, 0) is 0 Å². The monoisotopic (exact) mass is 178 g/mol. The Bertz CT molecular complexity index is 323. The molecule has 13 heavy (non-hydrogen) atoms. The molecule has 0 saturated carbocycles. The minimum atomic E-state index is 0.128. The first-order valence-corrected chi connectivity index (χ1v) is 4.35. The number of nitrogens with zero attached hydrogens (tertiary/aromatic N) is 1. The molecule has 0 N–H and O–H groups in total. The molecule has 1 aromatic carbocycles. The zero-order valence-corrected chi connectivity index (χ0v) is 8.66. The predicted octanol–water partition coefficient (Wildman–Crippen LogP) is 2.09. The van der Waals surface area contributed by atoms with Crippen LogP contribution in [-0.4, -0.2) is 26.9 Å². The molecule has 0 atom stereocenters. The molecule has 2 nitrogen and oxygen atoms in total. The Labute approximate surface area is 79.4 Å². The third-order valence-corrected chi connectivity index (χ3v) is 2.01. The molecule has 0 unspecified atom stereocenters. The molecule has 0 bridgehead atoms. The van der Waals surface area contributed by atoms with Gasteiger partial charge in [0.25, 0.3) is 0 Å². The SMILES string of the molecule is CC(=O)c1ccccc1[N+](C)(C)C. The number of carbonyl (C=O) groups excluding carboxylic acids is 1. The first kappa shape index (κ1) is 9.93. The molecule has 70 valence electrons. The van der Waals surface area contributed by atoms with Crippen molar-refractivity contribution in [2.75, 3.05) is 21.1 Å². The summed E-state index contributed by atoms with van der Waals surface area (Å²) in [5.74, 6) is 0.128. The Kier molecular flexibility index (Phi) is 2.52. The molecule has 0 aliphatic carbocycles. The number of benzene rings is 1. The van der Waals surface area contributed by atoms with E-state index in [1.54, 1.807) is 6.92 Å². The first-order valence-electron chi connectivity index (χ1n) is 4.35. The molecular weight excluding hydrogens is 162 g/mol. The van der Waals surface area contributed by atoms with E-state index in [-0.39, 0.29) is 5.78 Å². The molecule has 1 aromatic rings. The summed E-state index contributed by atoms with van der Waals surface area (Å²) in [5.41, 5.74) is 1.88. The summed E-state index contributed by atoms with van der Waals surface area (Å²) in [4.78, 5) is 11.3. The fourth-order valence-corrected chi connectivity index (χ4v) is 1.36. The molecule has 0 heterocycles. The Morgan fingerprint density at radius 2 is 1.69 bits per heavy atom. The molecule has 0 saturated heterocycles. The second-order valence-electron chi connectivity index (χ2n) is 4.09. The van der Waals surface area contributed by atoms with Crippen LogP contribution in [0.15, 0.2) is 24.3 Å². The van der Waals surface area contributed by atoms with Crippen LogP contribution in [0.1, 0.15) is 17.3 Å². The van der Waals surface area contributed by atoms with E-state index in [0.717, 1.165) is 11.3 Å². The van der Waals surface area contributed by atoms with Gasteiger partial charge >= 0.3 is 0 Å². The third-order valence-electron chi connectivity index (χ3n) is 2.01. The van der Waals surface area contributed by atoms with E-state index in [4.69, 9.17) is 0 Å². The second-order valence-corrected chi connectivity index (χ2v) is 4.09. The van der Waals surface area contributed by atoms with Crippen LogP contribution in [0.3, 0.4) is 0 Å². The number of para-hydroxylation sites is 1. The predicted molar refractivity (Wildman–Crippen MR) is 56.0 cm³/mol. The van der Waals surface area contributed by atoms with E-state index in [1.807, 2.05) is 24.3 Å². The molecule has 2 heteroatoms. The summed E-state index contributed by atoms with van der Waals surface area (Å²) in [5, 5.41) is 0. The average Bonchev–Trinajstić information content (AvgIpc) is 2.03. The van der Waals surface area contributed by atoms with Crippen molar-refractivity contribution in [3.05, 3.63) is 29.8 Å². The maximum atomic E-state index is 11.3. The summed E-state index contributed by atoms with van der Waals surface area (Å²) in [7, 11) is 6.17. The van der Waals surface area contributed by atoms with Crippen LogP contribution in [0.4, 0.5) is 5.69 Å². The molecule has 1 rings (SSSR count). The van der Waals surface area contributed by atoms with Crippen molar-refractivity contribution in [3.8, 4) is 0 Å². The van der Waals surface area contributed by atoms with Gasteiger partial charge in [0, 0.05) is 0 Å². The number of rotatable bonds is 2. The minimum Gasteiger partial charge on any atom is -0.298 e. The lowest BCUT2D eigenvalue weighted by molar-refractivity contribution is 0.101. The number of quaternary nitrogens is 1. The number of hydrogen-bond acceptors (Lipinski definition) is 1. The highest BCUT2D eigenvalue weighted by Crippen LogP contribution is 2.22. The zero-order valence-electron chi connectivity index (χ0n) is 8.66. The second kappa shape index (κ2) is 3.30. The van der Waals surface area contributed by atoms with Crippen LogP contribution >= 0.6 is 0 Å². The maximum Gasteiger partial charge on any atom is 0.165 e. The van der Waals surface area contributed by atoms with Crippen LogP contribution in [0.5, 0.6) is 0 Å². The highest BCUT2D eigenvalue weighted by atomic mass is 16.1. The van der Waals surface area contributed by atoms with Gasteiger partial charge in [-0.05, 0) is 19.1 Å². The van der Waals surface area contributed by atoms with E-state index in [1.165, 1.54) is 0 Å². The molecule has 0 radical (unpaired) electrons. The summed E-state index contributed by atoms with van der Waals surface area (Å²) >= 11 is 0. The van der Waals surface area contributed by atoms with Gasteiger partial charge < -0.3 is 0 Å². The summed E-state index contributed by atoms with van der Waals surface area (Å²) in [6.07, 6.45) is 0. The van der Waals surface area contributed by atoms with E-state index in [2.05, 4.69) is 21.1 Å². The Morgan fingerprint density at radius 3 is 2.08 bits per heavy atom. The van der Waals surface area contributed by atoms with E-state index in [0.29, 0.717) is 4.48 Å². The molecule has 0 fully saturated rings. The van der Waals surface area contributed by atoms with Crippen molar-refractivity contribution in [1.82, 2.24) is 4.48 Å². The highest BCUT2D eigenvalue weighted by Gasteiger charge is 2.18. The largest absolute Gasteiger partial charge is 0.298 e. The van der Waals surface area contributed by atoms with Gasteiger partial charge in [-0.3, -0.25) is 9.28 Å². The lowest BCUT2D eigenvalue weighted by Crippen LogP contribution is -2.36. The van der Waals surface area contributed by atoms with Gasteiger partial charge in [0.05, 0.1) is 26.7 Å². The molecule has 0 aliphatic heterocycles. The van der Waals surface area contributed by atoms with Gasteiger partial charge in [-0.25, -0.2) is 0 Å². The van der Waals surface area contributed by atoms with E-state index >= 15 is 0 Å². The minimum absolute atomic E-state index is 0.128. The van der Waals surface area contributed by atoms with Crippen LogP contribution in [0, 0.1) is 0 Å². The van der Waals surface area contributed by atoms with Crippen molar-refractivity contribution in [2.24, 2.45) is 0 Å². The van der Waals surface area contributed by atoms with Gasteiger partial charge in [-0.1, -0.05) is 12.1 Å². The molecular formula is C11H16NO+. The first-order chi connectivity index (χ1) is 5.93. The van der Waals surface area contributed by atoms with Gasteiger partial charge in [-0.2, -0.15) is 0 Å². The van der Waals surface area contributed by atoms with Crippen molar-refractivity contribution in [2.45, 2.75) is 6.92 Å². The van der Waals surface area contributed by atoms with Gasteiger partial charge in [0.15, 0.2) is 5.78 Å². The number of Topliss-reactive ketones (excluding diaryl/α,β-unsaturated/α-hetero) is 1. The van der Waals surface area contributed by atoms with Crippen molar-refractivity contribution in [1.29, 1.82) is 0 Å². The van der Waals surface area contributed by atoms with Gasteiger partial charge in [0.1, 0.15) is 5.69 Å². The van der Waals surface area contributed by atoms with Crippen molar-refractivity contribution >= 4 is 11.5 Å². The van der Waals surface area contributed by atoms with Crippen LogP contribution < -0.4 is 4.48 Å². The molecule has 0 amide bonds. The topological polar surface area (TPSA) is 17.1 Å². The van der Waals surface area contributed by atoms with Crippen molar-refractivity contribution in [3.63, 3.8) is 0 Å². The smallest absolute Gasteiger partial charge is 0.165 e. The lowest BCUT2D eigenvalue weighted by atomic mass is 10.1. The third kappa shape index (κ3) is 2.16. The number of hydrogen-bond donors (Lipinski definition) is 0. The summed E-state index contributed by atoms with van der Waals surface area (Å²) < 4.78 is 0.676. The standard InChI is InChI=1S/C11H16NO/c1-9(13)10-7-5-6-8-11(10)12(2,3)4/h5-8H,1-4H3/q+1. The Hall–Kier alpha value is -1.15. The normalized spacial score (nSPS) is 11.4. The molecule has 0 spiro atoms. The van der Waals surface area contributed by atoms with Crippen molar-refractivity contribution < 1.29 is 4.79 Å². The summed E-state index contributed by atoms with van der Waals surface area (Å²) in [6, 6.07) is 7.74. The fraction of sp³-hybridized carbons (Fsp3) is 0.364. The highest BCUT2D eigenvalue weighted by molar-refractivity contribution is 5.99. The van der Waals surface area contributed by atoms with Crippen LogP contribution in [0.2, 0.25) is 0 Å². The lowest BCUT2D eigenvalue weighted by Gasteiger charge is -2.25. The van der Waals surface area contributed by atoms with E-state index in [9.17, 15) is 4.79 Å². The van der Waals surface area contributed by atoms with Gasteiger partial charge in [-0.15, -0.1) is 0 Å². The fourth-order valence-electron chi connectivity index (χ4n) is 1.36. The molecule has 0 aliphatic rings. The Balaban J connectivity index is 3.28. The quantitative estimate of drug-likeness (QED) is 0.500. The zero-order chi connectivity index (χ0) is 10.1. The Morgan fingerprint density at radius 1 is 1.15 bits per heavy atom. The van der Waals surface area contributed by atoms with Crippen LogP contribution in [0.25, 0.3) is 0 Å². The van der Waals surface area contributed by atoms with E-state index < -0.39 is 0 Å². The van der Waals surface area contributed by atoms with Gasteiger partial charge in [0.2, 0.25) is 0 Å². The number of ketones is 1. The number of carbonyl (C=O) groups is 1. The molecule has 0 aromatic heterocycles. The summed E-state index contributed by atoms with van der Waals surface area (Å²) in [6.45, 7) is 1.61.